The Kier molecular flexibility index (Phi) is 3.67. The van der Waals surface area contributed by atoms with E-state index in [1.54, 1.807) is 0 Å². The number of hydrogen-bond acceptors (Lipinski definition) is 8. The second-order valence-corrected chi connectivity index (χ2v) is 5.23. The van der Waals surface area contributed by atoms with Crippen LogP contribution in [-0.2, 0) is 9.47 Å². The normalized spacial score (nSPS) is 22.1. The van der Waals surface area contributed by atoms with Gasteiger partial charge in [0.05, 0.1) is 27.2 Å². The maximum Gasteiger partial charge on any atom is 0.203 e. The van der Waals surface area contributed by atoms with Gasteiger partial charge in [0.15, 0.2) is 40.7 Å². The number of aliphatic hydroxyl groups excluding tert-OH is 1. The number of phenols is 2. The minimum absolute atomic E-state index is 0.0214. The summed E-state index contributed by atoms with van der Waals surface area (Å²) in [5.41, 5.74) is -0.116. The Balaban J connectivity index is 2.19. The zero-order valence-corrected chi connectivity index (χ0v) is 13.2. The number of fused-ring (bicyclic) bond motifs is 2. The van der Waals surface area contributed by atoms with Crippen molar-refractivity contribution in [2.45, 2.75) is 6.10 Å². The van der Waals surface area contributed by atoms with Gasteiger partial charge in [-0.25, -0.2) is 0 Å². The predicted molar refractivity (Wildman–Crippen MR) is 80.3 cm³/mol. The molecule has 0 unspecified atom stereocenters. The Morgan fingerprint density at radius 1 is 1.08 bits per heavy atom. The molecule has 0 spiro atoms. The number of hydrogen-bond donors (Lipinski definition) is 3. The van der Waals surface area contributed by atoms with E-state index in [1.165, 1.54) is 33.5 Å². The van der Waals surface area contributed by atoms with Gasteiger partial charge >= 0.3 is 0 Å². The summed E-state index contributed by atoms with van der Waals surface area (Å²) < 4.78 is 20.8. The second kappa shape index (κ2) is 5.55. The van der Waals surface area contributed by atoms with E-state index in [0.717, 1.165) is 0 Å². The van der Waals surface area contributed by atoms with Gasteiger partial charge in [0.1, 0.15) is 11.3 Å². The number of aromatic hydroxyl groups is 2. The van der Waals surface area contributed by atoms with E-state index in [2.05, 4.69) is 0 Å². The molecule has 8 nitrogen and oxygen atoms in total. The molecule has 0 fully saturated rings. The molecule has 1 aliphatic carbocycles. The zero-order chi connectivity index (χ0) is 17.6. The maximum atomic E-state index is 12.8. The van der Waals surface area contributed by atoms with Gasteiger partial charge in [0.25, 0.3) is 0 Å². The standard InChI is InChI=1S/C16H16O8/c1-21-9-4-6-11(18)10-8(5-7(17)15(22-2)13(10)20)24-14(6)16(23-3)12(9)19/h4-6,14,17,19-20H,1-3H3/t6-,14+/m1/s1. The highest BCUT2D eigenvalue weighted by Crippen LogP contribution is 2.49. The SMILES string of the molecule is COC1=C[C@@H]2C(=O)c3c(cc(O)c(OC)c3O)O[C@@H]2C(OC)=C1O. The van der Waals surface area contributed by atoms with Gasteiger partial charge in [-0.1, -0.05) is 0 Å². The molecule has 0 radical (unpaired) electrons. The molecular formula is C16H16O8. The van der Waals surface area contributed by atoms with Crippen LogP contribution in [0.15, 0.2) is 29.4 Å². The fourth-order valence-electron chi connectivity index (χ4n) is 2.92. The van der Waals surface area contributed by atoms with E-state index in [9.17, 15) is 20.1 Å². The first-order valence-electron chi connectivity index (χ1n) is 7.01. The predicted octanol–water partition coefficient (Wildman–Crippen LogP) is 1.63. The first-order valence-corrected chi connectivity index (χ1v) is 7.01. The highest BCUT2D eigenvalue weighted by Gasteiger charge is 2.46. The van der Waals surface area contributed by atoms with Crippen molar-refractivity contribution in [1.29, 1.82) is 0 Å². The van der Waals surface area contributed by atoms with E-state index in [4.69, 9.17) is 18.9 Å². The first-order chi connectivity index (χ1) is 11.4. The topological polar surface area (TPSA) is 115 Å². The smallest absolute Gasteiger partial charge is 0.203 e. The van der Waals surface area contributed by atoms with Crippen LogP contribution in [0.2, 0.25) is 0 Å². The Morgan fingerprint density at radius 3 is 2.38 bits per heavy atom. The molecule has 1 aliphatic heterocycles. The van der Waals surface area contributed by atoms with Crippen molar-refractivity contribution >= 4 is 5.78 Å². The molecule has 3 N–H and O–H groups in total. The Labute approximate surface area is 137 Å². The first kappa shape index (κ1) is 15.9. The fourth-order valence-corrected chi connectivity index (χ4v) is 2.92. The minimum atomic E-state index is -0.943. The lowest BCUT2D eigenvalue weighted by atomic mass is 9.84. The van der Waals surface area contributed by atoms with Crippen molar-refractivity contribution in [2.75, 3.05) is 21.3 Å². The average Bonchev–Trinajstić information content (AvgIpc) is 2.54. The molecule has 1 aromatic rings. The molecule has 1 aromatic carbocycles. The zero-order valence-electron chi connectivity index (χ0n) is 13.2. The van der Waals surface area contributed by atoms with Gasteiger partial charge in [-0.05, 0) is 6.08 Å². The van der Waals surface area contributed by atoms with Crippen LogP contribution in [0.5, 0.6) is 23.0 Å². The Morgan fingerprint density at radius 2 is 1.79 bits per heavy atom. The summed E-state index contributed by atoms with van der Waals surface area (Å²) in [5.74, 6) is -2.69. The molecule has 0 aromatic heterocycles. The lowest BCUT2D eigenvalue weighted by molar-refractivity contribution is 0.0578. The van der Waals surface area contributed by atoms with Crippen LogP contribution in [0.25, 0.3) is 0 Å². The van der Waals surface area contributed by atoms with Crippen molar-refractivity contribution in [3.05, 3.63) is 35.0 Å². The van der Waals surface area contributed by atoms with E-state index < -0.39 is 23.6 Å². The van der Waals surface area contributed by atoms with Gasteiger partial charge in [-0.3, -0.25) is 4.79 Å². The lowest BCUT2D eigenvalue weighted by Gasteiger charge is -2.35. The second-order valence-electron chi connectivity index (χ2n) is 5.23. The number of aliphatic hydroxyl groups is 1. The fraction of sp³-hybridized carbons (Fsp3) is 0.312. The van der Waals surface area contributed by atoms with Crippen LogP contribution in [0.1, 0.15) is 10.4 Å². The number of phenolic OH excluding ortho intramolecular Hbond substituents is 2. The van der Waals surface area contributed by atoms with E-state index in [0.29, 0.717) is 0 Å². The largest absolute Gasteiger partial charge is 0.504 e. The number of carbonyl (C=O) groups excluding carboxylic acids is 1. The van der Waals surface area contributed by atoms with Crippen LogP contribution >= 0.6 is 0 Å². The molecule has 0 saturated heterocycles. The summed E-state index contributed by atoms with van der Waals surface area (Å²) >= 11 is 0. The molecule has 2 atom stereocenters. The molecular weight excluding hydrogens is 320 g/mol. The Hall–Kier alpha value is -3.03. The number of rotatable bonds is 3. The van der Waals surface area contributed by atoms with Crippen LogP contribution in [0, 0.1) is 5.92 Å². The molecule has 8 heteroatoms. The van der Waals surface area contributed by atoms with E-state index in [1.807, 2.05) is 0 Å². The van der Waals surface area contributed by atoms with Gasteiger partial charge < -0.3 is 34.3 Å². The van der Waals surface area contributed by atoms with E-state index in [-0.39, 0.29) is 40.1 Å². The maximum absolute atomic E-state index is 12.8. The van der Waals surface area contributed by atoms with Crippen molar-refractivity contribution in [2.24, 2.45) is 5.92 Å². The van der Waals surface area contributed by atoms with Crippen molar-refractivity contribution < 1.29 is 39.1 Å². The molecule has 0 bridgehead atoms. The van der Waals surface area contributed by atoms with Crippen LogP contribution in [-0.4, -0.2) is 48.5 Å². The highest BCUT2D eigenvalue weighted by molar-refractivity contribution is 6.06. The van der Waals surface area contributed by atoms with Crippen LogP contribution in [0.4, 0.5) is 0 Å². The minimum Gasteiger partial charge on any atom is -0.504 e. The van der Waals surface area contributed by atoms with Crippen LogP contribution in [0.3, 0.4) is 0 Å². The van der Waals surface area contributed by atoms with E-state index >= 15 is 0 Å². The Bertz CT molecular complexity index is 777. The number of benzene rings is 1. The summed E-state index contributed by atoms with van der Waals surface area (Å²) in [4.78, 5) is 12.8. The number of Topliss-reactive ketones (excluding diaryl/α,β-unsaturated/α-hetero) is 1. The molecule has 2 aliphatic rings. The monoisotopic (exact) mass is 336 g/mol. The average molecular weight is 336 g/mol. The third kappa shape index (κ3) is 2.03. The van der Waals surface area contributed by atoms with Gasteiger partial charge in [0, 0.05) is 6.07 Å². The molecule has 24 heavy (non-hydrogen) atoms. The summed E-state index contributed by atoms with van der Waals surface area (Å²) in [7, 11) is 3.93. The number of methoxy groups -OCH3 is 3. The summed E-state index contributed by atoms with van der Waals surface area (Å²) in [5, 5.41) is 30.3. The van der Waals surface area contributed by atoms with Crippen LogP contribution < -0.4 is 9.47 Å². The summed E-state index contributed by atoms with van der Waals surface area (Å²) in [6, 6.07) is 1.17. The van der Waals surface area contributed by atoms with Crippen molar-refractivity contribution in [3.8, 4) is 23.0 Å². The molecule has 0 saturated carbocycles. The molecule has 3 rings (SSSR count). The van der Waals surface area contributed by atoms with Gasteiger partial charge in [-0.2, -0.15) is 0 Å². The molecule has 128 valence electrons. The number of carbonyl (C=O) groups is 1. The number of ether oxygens (including phenoxy) is 4. The number of ketones is 1. The molecule has 1 heterocycles. The molecule has 0 amide bonds. The third-order valence-electron chi connectivity index (χ3n) is 4.03. The summed E-state index contributed by atoms with van der Waals surface area (Å²) in [6.45, 7) is 0. The van der Waals surface area contributed by atoms with Crippen molar-refractivity contribution in [1.82, 2.24) is 0 Å². The lowest BCUT2D eigenvalue weighted by Crippen LogP contribution is -2.41. The summed E-state index contributed by atoms with van der Waals surface area (Å²) in [6.07, 6.45) is 0.452. The highest BCUT2D eigenvalue weighted by atomic mass is 16.5. The third-order valence-corrected chi connectivity index (χ3v) is 4.03. The van der Waals surface area contributed by atoms with Gasteiger partial charge in [0.2, 0.25) is 5.75 Å². The van der Waals surface area contributed by atoms with Crippen molar-refractivity contribution in [3.63, 3.8) is 0 Å². The van der Waals surface area contributed by atoms with Gasteiger partial charge in [-0.15, -0.1) is 0 Å². The quantitative estimate of drug-likeness (QED) is 0.763.